The van der Waals surface area contributed by atoms with Crippen molar-refractivity contribution in [1.82, 2.24) is 19.1 Å². The highest BCUT2D eigenvalue weighted by atomic mass is 16.3. The van der Waals surface area contributed by atoms with Gasteiger partial charge < -0.3 is 13.6 Å². The Kier molecular flexibility index (Phi) is 10.7. The highest BCUT2D eigenvalue weighted by Crippen LogP contribution is 2.48. The average Bonchev–Trinajstić information content (AvgIpc) is 4.05. The van der Waals surface area contributed by atoms with Crippen LogP contribution in [0.2, 0.25) is 0 Å². The zero-order chi connectivity index (χ0) is 52.5. The summed E-state index contributed by atoms with van der Waals surface area (Å²) in [4.78, 5) is 10.6. The van der Waals surface area contributed by atoms with Crippen LogP contribution in [0.25, 0.3) is 111 Å². The van der Waals surface area contributed by atoms with E-state index in [4.69, 9.17) is 14.4 Å². The normalized spacial score (nSPS) is 12.8. The van der Waals surface area contributed by atoms with Crippen LogP contribution in [0.5, 0.6) is 0 Å². The number of benzene rings is 8. The van der Waals surface area contributed by atoms with E-state index < -0.39 is 0 Å². The molecular formula is C69H63N5O. The van der Waals surface area contributed by atoms with E-state index >= 15 is 0 Å². The lowest BCUT2D eigenvalue weighted by Gasteiger charge is -2.21. The maximum atomic E-state index is 11.6. The van der Waals surface area contributed by atoms with E-state index in [2.05, 4.69) is 214 Å². The van der Waals surface area contributed by atoms with Crippen molar-refractivity contribution in [2.75, 3.05) is 0 Å². The molecule has 12 aromatic rings. The van der Waals surface area contributed by atoms with Gasteiger partial charge in [-0.1, -0.05) is 180 Å². The summed E-state index contributed by atoms with van der Waals surface area (Å²) in [5, 5.41) is 17.8. The molecule has 0 fully saturated rings. The quantitative estimate of drug-likeness (QED) is 0.172. The Morgan fingerprint density at radius 3 is 1.23 bits per heavy atom. The van der Waals surface area contributed by atoms with Crippen molar-refractivity contribution in [3.05, 3.63) is 192 Å². The van der Waals surface area contributed by atoms with Gasteiger partial charge in [-0.25, -0.2) is 9.97 Å². The lowest BCUT2D eigenvalue weighted by Crippen LogP contribution is -2.11. The van der Waals surface area contributed by atoms with Gasteiger partial charge in [0.1, 0.15) is 11.3 Å². The molecule has 0 aliphatic heterocycles. The highest BCUT2D eigenvalue weighted by Gasteiger charge is 2.30. The summed E-state index contributed by atoms with van der Waals surface area (Å²) in [7, 11) is 0. The molecule has 0 spiro atoms. The van der Waals surface area contributed by atoms with Gasteiger partial charge in [0.15, 0.2) is 11.4 Å². The summed E-state index contributed by atoms with van der Waals surface area (Å²) in [6.07, 6.45) is 0. The number of hydrogen-bond donors (Lipinski definition) is 0. The topological polar surface area (TPSA) is 72.6 Å². The van der Waals surface area contributed by atoms with Crippen molar-refractivity contribution in [2.45, 2.75) is 105 Å². The summed E-state index contributed by atoms with van der Waals surface area (Å²) in [6.45, 7) is 27.3. The van der Waals surface area contributed by atoms with Gasteiger partial charge in [-0.05, 0) is 111 Å². The molecule has 0 aliphatic carbocycles. The number of rotatable bonds is 5. The van der Waals surface area contributed by atoms with E-state index in [0.717, 1.165) is 93.8 Å². The Bertz CT molecular complexity index is 4120. The van der Waals surface area contributed by atoms with Crippen LogP contribution in [0.3, 0.4) is 0 Å². The minimum Gasteiger partial charge on any atom is -0.453 e. The summed E-state index contributed by atoms with van der Waals surface area (Å²) in [5.41, 5.74) is 16.6. The van der Waals surface area contributed by atoms with Crippen LogP contribution < -0.4 is 0 Å². The second-order valence-corrected chi connectivity index (χ2v) is 24.7. The monoisotopic (exact) mass is 978 g/mol. The molecule has 0 aliphatic rings. The summed E-state index contributed by atoms with van der Waals surface area (Å²) < 4.78 is 12.4. The predicted octanol–water partition coefficient (Wildman–Crippen LogP) is 18.6. The maximum Gasteiger partial charge on any atom is 0.164 e. The summed E-state index contributed by atoms with van der Waals surface area (Å²) >= 11 is 0. The van der Waals surface area contributed by atoms with E-state index in [0.29, 0.717) is 22.6 Å². The van der Waals surface area contributed by atoms with E-state index in [1.807, 2.05) is 48.5 Å². The van der Waals surface area contributed by atoms with Gasteiger partial charge in [0.05, 0.1) is 56.3 Å². The molecule has 75 heavy (non-hydrogen) atoms. The third-order valence-electron chi connectivity index (χ3n) is 15.4. The van der Waals surface area contributed by atoms with Gasteiger partial charge in [-0.15, -0.1) is 0 Å². The van der Waals surface area contributed by atoms with Crippen molar-refractivity contribution in [3.8, 4) is 51.3 Å². The summed E-state index contributed by atoms with van der Waals surface area (Å²) in [6, 6.07) is 61.3. The third kappa shape index (κ3) is 7.91. The van der Waals surface area contributed by atoms with Crippen LogP contribution in [-0.2, 0) is 21.7 Å². The Morgan fingerprint density at radius 1 is 0.413 bits per heavy atom. The second-order valence-electron chi connectivity index (χ2n) is 24.7. The van der Waals surface area contributed by atoms with Crippen molar-refractivity contribution < 1.29 is 4.42 Å². The fraction of sp³-hybridized carbons (Fsp3) is 0.232. The van der Waals surface area contributed by atoms with Gasteiger partial charge in [0.2, 0.25) is 0 Å². The van der Waals surface area contributed by atoms with Gasteiger partial charge in [0, 0.05) is 43.4 Å². The van der Waals surface area contributed by atoms with Crippen LogP contribution >= 0.6 is 0 Å². The molecule has 0 unspecified atom stereocenters. The van der Waals surface area contributed by atoms with E-state index in [1.54, 1.807) is 0 Å². The molecule has 6 nitrogen and oxygen atoms in total. The smallest absolute Gasteiger partial charge is 0.164 e. The minimum absolute atomic E-state index is 0.0821. The van der Waals surface area contributed by atoms with Crippen molar-refractivity contribution in [1.29, 1.82) is 5.26 Å². The van der Waals surface area contributed by atoms with Gasteiger partial charge in [0.25, 0.3) is 0 Å². The fourth-order valence-corrected chi connectivity index (χ4v) is 11.1. The number of fused-ring (bicyclic) bond motifs is 9. The summed E-state index contributed by atoms with van der Waals surface area (Å²) in [5.74, 6) is 0.535. The van der Waals surface area contributed by atoms with E-state index in [-0.39, 0.29) is 21.7 Å². The van der Waals surface area contributed by atoms with Gasteiger partial charge in [-0.2, -0.15) is 5.26 Å². The number of nitriles is 1. The minimum atomic E-state index is -0.0900. The maximum absolute atomic E-state index is 11.6. The van der Waals surface area contributed by atoms with Crippen molar-refractivity contribution in [3.63, 3.8) is 0 Å². The number of furan rings is 1. The van der Waals surface area contributed by atoms with E-state index in [9.17, 15) is 5.26 Å². The molecule has 6 heteroatoms. The SMILES string of the molecule is CC(C)(C)c1ccc2c(c1)c1cc(C(C)(C)C)ccc1n2-c1cc(C#N)c2c(oc3c(-c4nc(-c5ccccc5)cc(-c5ccccc5)n4)cccc32)c1-n1c2ccc(C(C)(C)C)cc2c2cc(C(C)(C)C)ccc21. The second kappa shape index (κ2) is 16.9. The molecule has 0 radical (unpaired) electrons. The number of nitrogens with zero attached hydrogens (tertiary/aromatic N) is 5. The zero-order valence-electron chi connectivity index (χ0n) is 45.2. The Hall–Kier alpha value is -8.27. The van der Waals surface area contributed by atoms with Crippen molar-refractivity contribution in [2.24, 2.45) is 0 Å². The Morgan fingerprint density at radius 2 is 0.827 bits per heavy atom. The molecule has 0 bridgehead atoms. The molecule has 8 aromatic carbocycles. The number of para-hydroxylation sites is 1. The van der Waals surface area contributed by atoms with Crippen molar-refractivity contribution >= 4 is 65.6 Å². The molecule has 0 saturated heterocycles. The van der Waals surface area contributed by atoms with Gasteiger partial charge >= 0.3 is 0 Å². The van der Waals surface area contributed by atoms with Crippen LogP contribution in [0.4, 0.5) is 0 Å². The molecule has 0 amide bonds. The van der Waals surface area contributed by atoms with Crippen LogP contribution in [-0.4, -0.2) is 19.1 Å². The van der Waals surface area contributed by atoms with Crippen LogP contribution in [0.1, 0.15) is 111 Å². The van der Waals surface area contributed by atoms with E-state index in [1.165, 1.54) is 22.3 Å². The molecule has 4 aromatic heterocycles. The fourth-order valence-electron chi connectivity index (χ4n) is 11.1. The predicted molar refractivity (Wildman–Crippen MR) is 314 cm³/mol. The Balaban J connectivity index is 1.27. The molecule has 0 saturated carbocycles. The average molecular weight is 978 g/mol. The third-order valence-corrected chi connectivity index (χ3v) is 15.4. The molecule has 0 atom stereocenters. The molecule has 0 N–H and O–H groups in total. The number of aromatic nitrogens is 4. The molecule has 4 heterocycles. The zero-order valence-corrected chi connectivity index (χ0v) is 45.2. The lowest BCUT2D eigenvalue weighted by molar-refractivity contribution is 0.590. The first-order chi connectivity index (χ1) is 35.7. The van der Waals surface area contributed by atoms with Crippen LogP contribution in [0.15, 0.2) is 168 Å². The molecule has 12 rings (SSSR count). The molecule has 370 valence electrons. The van der Waals surface area contributed by atoms with Gasteiger partial charge in [-0.3, -0.25) is 0 Å². The standard InChI is InChI=1S/C69H63N5O/c1-66(2,3)44-26-30-56-50(35-44)51-36-45(67(4,5)6)27-31-57(51)73(56)60-34-43(40-70)61-48-24-19-25-49(65-71-54(41-20-15-13-16-21-41)39-55(72-65)42-22-17-14-18-23-42)63(48)75-64(61)62(60)74-58-32-28-46(68(7,8)9)37-52(58)53-38-47(69(10,11)12)29-33-59(53)74/h13-39H,1-12H3. The highest BCUT2D eigenvalue weighted by molar-refractivity contribution is 6.18. The lowest BCUT2D eigenvalue weighted by atomic mass is 9.85. The molecular weight excluding hydrogens is 915 g/mol. The Labute approximate surface area is 439 Å². The first kappa shape index (κ1) is 47.7. The first-order valence-electron chi connectivity index (χ1n) is 26.3. The van der Waals surface area contributed by atoms with Crippen LogP contribution in [0, 0.1) is 11.3 Å². The number of hydrogen-bond acceptors (Lipinski definition) is 4. The first-order valence-corrected chi connectivity index (χ1v) is 26.3. The largest absolute Gasteiger partial charge is 0.453 e.